The maximum Gasteiger partial charge on any atom is 0.258 e. The zero-order chi connectivity index (χ0) is 15.2. The first-order valence-corrected chi connectivity index (χ1v) is 8.16. The summed E-state index contributed by atoms with van der Waals surface area (Å²) in [5.41, 5.74) is 1.14. The van der Waals surface area contributed by atoms with Crippen LogP contribution >= 0.6 is 31.9 Å². The Kier molecular flexibility index (Phi) is 6.03. The first-order valence-electron chi connectivity index (χ1n) is 6.58. The fourth-order valence-corrected chi connectivity index (χ4v) is 3.24. The van der Waals surface area contributed by atoms with E-state index in [1.165, 1.54) is 12.8 Å². The number of ether oxygens (including phenoxy) is 1. The molecule has 1 amide bonds. The SMILES string of the molecule is N#CCNC(=O)COc1c(Br)cc(CNC2CC2)cc1Br. The second-order valence-electron chi connectivity index (χ2n) is 4.77. The molecule has 112 valence electrons. The fourth-order valence-electron chi connectivity index (χ4n) is 1.73. The summed E-state index contributed by atoms with van der Waals surface area (Å²) in [7, 11) is 0. The lowest BCUT2D eigenvalue weighted by Crippen LogP contribution is -2.29. The minimum absolute atomic E-state index is 0.0176. The number of hydrogen-bond donors (Lipinski definition) is 2. The fraction of sp³-hybridized carbons (Fsp3) is 0.429. The standard InChI is InChI=1S/C14H15Br2N3O2/c15-11-5-9(7-19-10-1-2-10)6-12(16)14(11)21-8-13(20)18-4-3-17/h5-6,10,19H,1-2,4,7-8H2,(H,18,20). The Bertz CT molecular complexity index is 545. The largest absolute Gasteiger partial charge is 0.481 e. The summed E-state index contributed by atoms with van der Waals surface area (Å²) in [4.78, 5) is 11.4. The molecule has 0 bridgehead atoms. The van der Waals surface area contributed by atoms with Crippen molar-refractivity contribution in [2.24, 2.45) is 0 Å². The highest BCUT2D eigenvalue weighted by atomic mass is 79.9. The quantitative estimate of drug-likeness (QED) is 0.669. The topological polar surface area (TPSA) is 74.2 Å². The second kappa shape index (κ2) is 7.78. The summed E-state index contributed by atoms with van der Waals surface area (Å²) in [5, 5.41) is 14.3. The Balaban J connectivity index is 1.92. The molecule has 7 heteroatoms. The summed E-state index contributed by atoms with van der Waals surface area (Å²) in [5.74, 6) is 0.257. The van der Waals surface area contributed by atoms with Crippen molar-refractivity contribution in [2.75, 3.05) is 13.2 Å². The summed E-state index contributed by atoms with van der Waals surface area (Å²) in [6.45, 7) is 0.666. The maximum absolute atomic E-state index is 11.4. The zero-order valence-corrected chi connectivity index (χ0v) is 14.5. The Morgan fingerprint density at radius 3 is 2.62 bits per heavy atom. The van der Waals surface area contributed by atoms with Gasteiger partial charge >= 0.3 is 0 Å². The van der Waals surface area contributed by atoms with Crippen molar-refractivity contribution in [3.63, 3.8) is 0 Å². The number of nitrogens with one attached hydrogen (secondary N) is 2. The molecule has 2 N–H and O–H groups in total. The van der Waals surface area contributed by atoms with Gasteiger partial charge in [0.15, 0.2) is 6.61 Å². The average Bonchev–Trinajstić information content (AvgIpc) is 3.26. The van der Waals surface area contributed by atoms with Crippen molar-refractivity contribution in [3.05, 3.63) is 26.6 Å². The first-order chi connectivity index (χ1) is 10.1. The van der Waals surface area contributed by atoms with E-state index in [9.17, 15) is 4.79 Å². The number of amides is 1. The Hall–Kier alpha value is -1.10. The van der Waals surface area contributed by atoms with E-state index in [-0.39, 0.29) is 19.1 Å². The Labute approximate surface area is 140 Å². The van der Waals surface area contributed by atoms with Crippen molar-refractivity contribution in [1.29, 1.82) is 5.26 Å². The van der Waals surface area contributed by atoms with Crippen LogP contribution < -0.4 is 15.4 Å². The molecule has 1 aromatic carbocycles. The molecule has 1 aromatic rings. The normalized spacial score (nSPS) is 13.6. The van der Waals surface area contributed by atoms with Gasteiger partial charge in [0.2, 0.25) is 0 Å². The molecule has 1 aliphatic carbocycles. The van der Waals surface area contributed by atoms with Gasteiger partial charge in [-0.3, -0.25) is 4.79 Å². The molecule has 0 atom stereocenters. The van der Waals surface area contributed by atoms with Crippen LogP contribution in [0.4, 0.5) is 0 Å². The smallest absolute Gasteiger partial charge is 0.258 e. The van der Waals surface area contributed by atoms with Gasteiger partial charge in [-0.25, -0.2) is 0 Å². The zero-order valence-electron chi connectivity index (χ0n) is 11.3. The predicted molar refractivity (Wildman–Crippen MR) is 85.8 cm³/mol. The number of nitriles is 1. The molecule has 1 aliphatic rings. The molecule has 5 nitrogen and oxygen atoms in total. The first kappa shape index (κ1) is 16.3. The predicted octanol–water partition coefficient (Wildman–Crippen LogP) is 2.48. The number of carbonyl (C=O) groups excluding carboxylic acids is 1. The molecular formula is C14H15Br2N3O2. The van der Waals surface area contributed by atoms with E-state index in [1.807, 2.05) is 18.2 Å². The molecule has 1 saturated carbocycles. The van der Waals surface area contributed by atoms with E-state index in [0.29, 0.717) is 11.8 Å². The number of carbonyl (C=O) groups is 1. The maximum atomic E-state index is 11.4. The molecule has 0 aliphatic heterocycles. The lowest BCUT2D eigenvalue weighted by atomic mass is 10.2. The van der Waals surface area contributed by atoms with Gasteiger partial charge in [0.1, 0.15) is 12.3 Å². The molecule has 0 unspecified atom stereocenters. The van der Waals surface area contributed by atoms with E-state index < -0.39 is 0 Å². The van der Waals surface area contributed by atoms with Crippen LogP contribution in [0.25, 0.3) is 0 Å². The highest BCUT2D eigenvalue weighted by Gasteiger charge is 2.20. The molecular weight excluding hydrogens is 402 g/mol. The summed E-state index contributed by atoms with van der Waals surface area (Å²) in [6.07, 6.45) is 2.50. The molecule has 0 saturated heterocycles. The summed E-state index contributed by atoms with van der Waals surface area (Å²) in [6, 6.07) is 6.45. The van der Waals surface area contributed by atoms with E-state index in [4.69, 9.17) is 10.00 Å². The summed E-state index contributed by atoms with van der Waals surface area (Å²) < 4.78 is 7.06. The molecule has 1 fully saturated rings. The Morgan fingerprint density at radius 2 is 2.05 bits per heavy atom. The number of halogens is 2. The van der Waals surface area contributed by atoms with Crippen molar-refractivity contribution in [2.45, 2.75) is 25.4 Å². The van der Waals surface area contributed by atoms with Gasteiger partial charge in [-0.2, -0.15) is 5.26 Å². The van der Waals surface area contributed by atoms with Crippen LogP contribution in [-0.4, -0.2) is 25.1 Å². The van der Waals surface area contributed by atoms with Crippen LogP contribution in [0, 0.1) is 11.3 Å². The molecule has 0 spiro atoms. The van der Waals surface area contributed by atoms with Gasteiger partial charge in [-0.05, 0) is 62.4 Å². The number of rotatable bonds is 7. The lowest BCUT2D eigenvalue weighted by molar-refractivity contribution is -0.122. The lowest BCUT2D eigenvalue weighted by Gasteiger charge is -2.12. The Morgan fingerprint density at radius 1 is 1.38 bits per heavy atom. The van der Waals surface area contributed by atoms with Crippen molar-refractivity contribution in [1.82, 2.24) is 10.6 Å². The average molecular weight is 417 g/mol. The van der Waals surface area contributed by atoms with Gasteiger partial charge in [-0.1, -0.05) is 0 Å². The number of hydrogen-bond acceptors (Lipinski definition) is 4. The van der Waals surface area contributed by atoms with Crippen molar-refractivity contribution >= 4 is 37.8 Å². The molecule has 2 rings (SSSR count). The van der Waals surface area contributed by atoms with Gasteiger partial charge in [0.05, 0.1) is 15.0 Å². The van der Waals surface area contributed by atoms with E-state index in [0.717, 1.165) is 21.1 Å². The van der Waals surface area contributed by atoms with Crippen LogP contribution in [0.5, 0.6) is 5.75 Å². The minimum Gasteiger partial charge on any atom is -0.481 e. The molecule has 21 heavy (non-hydrogen) atoms. The van der Waals surface area contributed by atoms with Crippen LogP contribution in [0.15, 0.2) is 21.1 Å². The van der Waals surface area contributed by atoms with Crippen molar-refractivity contribution in [3.8, 4) is 11.8 Å². The monoisotopic (exact) mass is 415 g/mol. The highest BCUT2D eigenvalue weighted by Crippen LogP contribution is 2.35. The molecule has 0 aromatic heterocycles. The van der Waals surface area contributed by atoms with Gasteiger partial charge in [0, 0.05) is 12.6 Å². The third-order valence-corrected chi connectivity index (χ3v) is 4.12. The van der Waals surface area contributed by atoms with Gasteiger partial charge in [-0.15, -0.1) is 0 Å². The molecule has 0 radical (unpaired) electrons. The van der Waals surface area contributed by atoms with Crippen LogP contribution in [0.2, 0.25) is 0 Å². The van der Waals surface area contributed by atoms with Gasteiger partial charge in [0.25, 0.3) is 5.91 Å². The summed E-state index contributed by atoms with van der Waals surface area (Å²) >= 11 is 6.91. The highest BCUT2D eigenvalue weighted by molar-refractivity contribution is 9.11. The van der Waals surface area contributed by atoms with Crippen LogP contribution in [0.3, 0.4) is 0 Å². The van der Waals surface area contributed by atoms with E-state index >= 15 is 0 Å². The van der Waals surface area contributed by atoms with Crippen LogP contribution in [-0.2, 0) is 11.3 Å². The van der Waals surface area contributed by atoms with E-state index in [2.05, 4.69) is 42.5 Å². The van der Waals surface area contributed by atoms with Gasteiger partial charge < -0.3 is 15.4 Å². The third kappa shape index (κ3) is 5.30. The van der Waals surface area contributed by atoms with Crippen molar-refractivity contribution < 1.29 is 9.53 Å². The number of nitrogens with zero attached hydrogens (tertiary/aromatic N) is 1. The second-order valence-corrected chi connectivity index (χ2v) is 6.48. The minimum atomic E-state index is -0.324. The van der Waals surface area contributed by atoms with Crippen LogP contribution in [0.1, 0.15) is 18.4 Å². The third-order valence-electron chi connectivity index (χ3n) is 2.94. The van der Waals surface area contributed by atoms with E-state index in [1.54, 1.807) is 0 Å². The molecule has 0 heterocycles. The number of benzene rings is 1.